The second kappa shape index (κ2) is 10.8. The first kappa shape index (κ1) is 19.4. The van der Waals surface area contributed by atoms with Crippen LogP contribution in [0.3, 0.4) is 0 Å². The number of aliphatic hydroxyl groups is 2. The second-order valence-electron chi connectivity index (χ2n) is 6.30. The van der Waals surface area contributed by atoms with E-state index in [0.717, 1.165) is 11.1 Å². The van der Waals surface area contributed by atoms with E-state index in [2.05, 4.69) is 6.58 Å². The largest absolute Gasteiger partial charge is 0.396 e. The Morgan fingerprint density at radius 2 is 1.64 bits per heavy atom. The molecule has 0 saturated heterocycles. The van der Waals surface area contributed by atoms with Gasteiger partial charge in [0.2, 0.25) is 0 Å². The van der Waals surface area contributed by atoms with Crippen LogP contribution < -0.4 is 0 Å². The molecule has 2 rings (SSSR count). The van der Waals surface area contributed by atoms with E-state index >= 15 is 0 Å². The van der Waals surface area contributed by atoms with Crippen LogP contribution >= 0.6 is 0 Å². The first-order valence-corrected chi connectivity index (χ1v) is 8.82. The highest BCUT2D eigenvalue weighted by molar-refractivity contribution is 5.22. The minimum Gasteiger partial charge on any atom is -0.396 e. The number of benzene rings is 2. The highest BCUT2D eigenvalue weighted by Gasteiger charge is 2.27. The zero-order valence-electron chi connectivity index (χ0n) is 14.6. The molecule has 0 aliphatic rings. The summed E-state index contributed by atoms with van der Waals surface area (Å²) in [5.41, 5.74) is 2.19. The van der Waals surface area contributed by atoms with Gasteiger partial charge in [-0.3, -0.25) is 0 Å². The molecule has 0 aliphatic carbocycles. The van der Waals surface area contributed by atoms with E-state index in [1.807, 2.05) is 66.7 Å². The number of aliphatic hydroxyl groups excluding tert-OH is 2. The summed E-state index contributed by atoms with van der Waals surface area (Å²) in [5.74, 6) is -0.286. The van der Waals surface area contributed by atoms with Crippen LogP contribution in [0.5, 0.6) is 0 Å². The van der Waals surface area contributed by atoms with Gasteiger partial charge >= 0.3 is 0 Å². The smallest absolute Gasteiger partial charge is 0.0716 e. The highest BCUT2D eigenvalue weighted by Crippen LogP contribution is 2.29. The average molecular weight is 340 g/mol. The van der Waals surface area contributed by atoms with Crippen LogP contribution in [-0.4, -0.2) is 29.5 Å². The van der Waals surface area contributed by atoms with Gasteiger partial charge in [-0.1, -0.05) is 66.7 Å². The molecule has 0 aromatic heterocycles. The van der Waals surface area contributed by atoms with Gasteiger partial charge in [0.05, 0.1) is 12.7 Å². The molecular weight excluding hydrogens is 312 g/mol. The van der Waals surface area contributed by atoms with E-state index in [0.29, 0.717) is 26.1 Å². The molecule has 134 valence electrons. The summed E-state index contributed by atoms with van der Waals surface area (Å²) in [6.07, 6.45) is 2.48. The zero-order valence-corrected chi connectivity index (χ0v) is 14.6. The molecule has 0 amide bonds. The van der Waals surface area contributed by atoms with E-state index < -0.39 is 6.10 Å². The third-order valence-electron chi connectivity index (χ3n) is 4.52. The molecule has 0 spiro atoms. The quantitative estimate of drug-likeness (QED) is 0.481. The molecule has 3 heteroatoms. The molecular formula is C22H28O3. The summed E-state index contributed by atoms with van der Waals surface area (Å²) in [7, 11) is 0. The SMILES string of the molecule is C=CC[C@@H](c1ccccc1)[C@H](O)[C@@H](CO)CCOCc1ccccc1. The fourth-order valence-electron chi connectivity index (χ4n) is 3.05. The lowest BCUT2D eigenvalue weighted by atomic mass is 9.82. The van der Waals surface area contributed by atoms with Crippen molar-refractivity contribution >= 4 is 0 Å². The lowest BCUT2D eigenvalue weighted by Crippen LogP contribution is -2.31. The molecule has 0 bridgehead atoms. The maximum atomic E-state index is 10.8. The molecule has 2 aromatic carbocycles. The normalized spacial score (nSPS) is 14.6. The van der Waals surface area contributed by atoms with Gasteiger partial charge in [0.1, 0.15) is 0 Å². The van der Waals surface area contributed by atoms with E-state index in [9.17, 15) is 10.2 Å². The fraction of sp³-hybridized carbons (Fsp3) is 0.364. The van der Waals surface area contributed by atoms with Crippen LogP contribution in [0, 0.1) is 5.92 Å². The summed E-state index contributed by atoms with van der Waals surface area (Å²) in [6.45, 7) is 4.80. The maximum Gasteiger partial charge on any atom is 0.0716 e. The summed E-state index contributed by atoms with van der Waals surface area (Å²) >= 11 is 0. The van der Waals surface area contributed by atoms with Crippen molar-refractivity contribution in [3.05, 3.63) is 84.4 Å². The maximum absolute atomic E-state index is 10.8. The van der Waals surface area contributed by atoms with Crippen molar-refractivity contribution in [1.82, 2.24) is 0 Å². The monoisotopic (exact) mass is 340 g/mol. The Hall–Kier alpha value is -1.94. The summed E-state index contributed by atoms with van der Waals surface area (Å²) in [5, 5.41) is 20.5. The van der Waals surface area contributed by atoms with Crippen LogP contribution in [0.1, 0.15) is 29.9 Å². The van der Waals surface area contributed by atoms with Crippen LogP contribution in [0.2, 0.25) is 0 Å². The molecule has 3 nitrogen and oxygen atoms in total. The van der Waals surface area contributed by atoms with Crippen LogP contribution in [0.25, 0.3) is 0 Å². The van der Waals surface area contributed by atoms with Gasteiger partial charge in [-0.2, -0.15) is 0 Å². The summed E-state index contributed by atoms with van der Waals surface area (Å²) < 4.78 is 5.71. The summed E-state index contributed by atoms with van der Waals surface area (Å²) in [4.78, 5) is 0. The predicted octanol–water partition coefficient (Wildman–Crippen LogP) is 3.92. The molecule has 0 fully saturated rings. The Kier molecular flexibility index (Phi) is 8.40. The molecule has 0 unspecified atom stereocenters. The van der Waals surface area contributed by atoms with Crippen molar-refractivity contribution in [1.29, 1.82) is 0 Å². The van der Waals surface area contributed by atoms with Gasteiger partial charge in [-0.15, -0.1) is 6.58 Å². The zero-order chi connectivity index (χ0) is 17.9. The fourth-order valence-corrected chi connectivity index (χ4v) is 3.05. The van der Waals surface area contributed by atoms with Gasteiger partial charge < -0.3 is 14.9 Å². The van der Waals surface area contributed by atoms with E-state index in [-0.39, 0.29) is 18.4 Å². The van der Waals surface area contributed by atoms with Crippen molar-refractivity contribution < 1.29 is 14.9 Å². The average Bonchev–Trinajstić information content (AvgIpc) is 2.67. The Balaban J connectivity index is 1.89. The van der Waals surface area contributed by atoms with E-state index in [4.69, 9.17) is 4.74 Å². The molecule has 0 aliphatic heterocycles. The van der Waals surface area contributed by atoms with Gasteiger partial charge in [0.25, 0.3) is 0 Å². The van der Waals surface area contributed by atoms with Gasteiger partial charge in [0.15, 0.2) is 0 Å². The van der Waals surface area contributed by atoms with Crippen LogP contribution in [0.4, 0.5) is 0 Å². The predicted molar refractivity (Wildman–Crippen MR) is 101 cm³/mol. The Bertz CT molecular complexity index is 597. The minimum atomic E-state index is -0.634. The van der Waals surface area contributed by atoms with Gasteiger partial charge in [-0.05, 0) is 24.0 Å². The molecule has 25 heavy (non-hydrogen) atoms. The number of hydrogen-bond donors (Lipinski definition) is 2. The molecule has 0 heterocycles. The van der Waals surface area contributed by atoms with Crippen molar-refractivity contribution in [3.8, 4) is 0 Å². The third-order valence-corrected chi connectivity index (χ3v) is 4.52. The van der Waals surface area contributed by atoms with Gasteiger partial charge in [0, 0.05) is 25.0 Å². The lowest BCUT2D eigenvalue weighted by Gasteiger charge is -2.28. The third kappa shape index (κ3) is 6.13. The van der Waals surface area contributed by atoms with Crippen molar-refractivity contribution in [3.63, 3.8) is 0 Å². The Morgan fingerprint density at radius 3 is 2.24 bits per heavy atom. The standard InChI is InChI=1S/C22H28O3/c1-2-9-21(19-12-7-4-8-13-19)22(24)20(16-23)14-15-25-17-18-10-5-3-6-11-18/h2-8,10-13,20-24H,1,9,14-17H2/t20-,21+,22-/m1/s1. The van der Waals surface area contributed by atoms with E-state index in [1.54, 1.807) is 0 Å². The highest BCUT2D eigenvalue weighted by atomic mass is 16.5. The van der Waals surface area contributed by atoms with Crippen molar-refractivity contribution in [2.45, 2.75) is 31.5 Å². The molecule has 3 atom stereocenters. The first-order valence-electron chi connectivity index (χ1n) is 8.82. The number of rotatable bonds is 11. The first-order chi connectivity index (χ1) is 12.3. The Labute approximate surface area is 150 Å². The molecule has 2 aromatic rings. The van der Waals surface area contributed by atoms with Crippen molar-refractivity contribution in [2.24, 2.45) is 5.92 Å². The molecule has 0 saturated carbocycles. The number of allylic oxidation sites excluding steroid dienone is 1. The number of ether oxygens (including phenoxy) is 1. The molecule has 0 radical (unpaired) electrons. The van der Waals surface area contributed by atoms with E-state index in [1.165, 1.54) is 0 Å². The topological polar surface area (TPSA) is 49.7 Å². The molecule has 2 N–H and O–H groups in total. The van der Waals surface area contributed by atoms with Crippen LogP contribution in [0.15, 0.2) is 73.3 Å². The Morgan fingerprint density at radius 1 is 1.00 bits per heavy atom. The second-order valence-corrected chi connectivity index (χ2v) is 6.30. The lowest BCUT2D eigenvalue weighted by molar-refractivity contribution is 0.0192. The summed E-state index contributed by atoms with van der Waals surface area (Å²) in [6, 6.07) is 19.9. The van der Waals surface area contributed by atoms with Crippen LogP contribution in [-0.2, 0) is 11.3 Å². The van der Waals surface area contributed by atoms with Gasteiger partial charge in [-0.25, -0.2) is 0 Å². The number of hydrogen-bond acceptors (Lipinski definition) is 3. The van der Waals surface area contributed by atoms with Crippen molar-refractivity contribution in [2.75, 3.05) is 13.2 Å². The minimum absolute atomic E-state index is 0.0592.